The summed E-state index contributed by atoms with van der Waals surface area (Å²) in [5.74, 6) is 0.884. The summed E-state index contributed by atoms with van der Waals surface area (Å²) in [5, 5.41) is 4.62. The van der Waals surface area contributed by atoms with Crippen molar-refractivity contribution < 1.29 is 9.13 Å². The van der Waals surface area contributed by atoms with Gasteiger partial charge in [0.2, 0.25) is 5.88 Å². The lowest BCUT2D eigenvalue weighted by Gasteiger charge is -2.36. The number of methoxy groups -OCH3 is 1. The number of piperazine rings is 1. The first-order chi connectivity index (χ1) is 16.5. The molecule has 7 heteroatoms. The highest BCUT2D eigenvalue weighted by Gasteiger charge is 2.27. The molecule has 34 heavy (non-hydrogen) atoms. The number of hydrogen-bond acceptors (Lipinski definition) is 5. The molecule has 1 N–H and O–H groups in total. The summed E-state index contributed by atoms with van der Waals surface area (Å²) in [6.45, 7) is 6.69. The lowest BCUT2D eigenvalue weighted by Crippen LogP contribution is -2.50. The first-order valence-corrected chi connectivity index (χ1v) is 11.7. The predicted octanol–water partition coefficient (Wildman–Crippen LogP) is 5.87. The zero-order valence-corrected chi connectivity index (χ0v) is 20.2. The molecule has 1 aliphatic rings. The zero-order valence-electron chi connectivity index (χ0n) is 19.4. The smallest absolute Gasteiger partial charge is 0.225 e. The summed E-state index contributed by atoms with van der Waals surface area (Å²) in [7, 11) is 1.62. The molecule has 0 saturated carbocycles. The quantitative estimate of drug-likeness (QED) is 0.399. The van der Waals surface area contributed by atoms with E-state index in [0.717, 1.165) is 47.5 Å². The van der Waals surface area contributed by atoms with Gasteiger partial charge in [0.1, 0.15) is 11.6 Å². The van der Waals surface area contributed by atoms with E-state index in [0.29, 0.717) is 27.7 Å². The first-order valence-electron chi connectivity index (χ1n) is 11.4. The van der Waals surface area contributed by atoms with Gasteiger partial charge in [-0.05, 0) is 43.2 Å². The monoisotopic (exact) mass is 476 g/mol. The Hall–Kier alpha value is -3.22. The van der Waals surface area contributed by atoms with Crippen LogP contribution in [0.3, 0.4) is 0 Å². The second kappa shape index (κ2) is 9.20. The van der Waals surface area contributed by atoms with Crippen molar-refractivity contribution in [2.75, 3.05) is 31.6 Å². The first kappa shape index (κ1) is 22.6. The number of pyridine rings is 2. The van der Waals surface area contributed by atoms with Crippen LogP contribution in [0.4, 0.5) is 10.2 Å². The minimum absolute atomic E-state index is 0.225. The minimum atomic E-state index is -0.370. The van der Waals surface area contributed by atoms with Crippen LogP contribution in [0.2, 0.25) is 5.02 Å². The van der Waals surface area contributed by atoms with Crippen LogP contribution in [-0.2, 0) is 0 Å². The second-order valence-electron chi connectivity index (χ2n) is 8.58. The number of rotatable bonds is 4. The number of hydrogen-bond donors (Lipinski definition) is 1. The molecule has 1 aliphatic heterocycles. The average Bonchev–Trinajstić information content (AvgIpc) is 2.84. The zero-order chi connectivity index (χ0) is 23.8. The van der Waals surface area contributed by atoms with Gasteiger partial charge in [0.15, 0.2) is 0 Å². The highest BCUT2D eigenvalue weighted by atomic mass is 35.5. The summed E-state index contributed by atoms with van der Waals surface area (Å²) >= 11 is 6.74. The second-order valence-corrected chi connectivity index (χ2v) is 8.98. The van der Waals surface area contributed by atoms with Gasteiger partial charge in [-0.3, -0.25) is 0 Å². The predicted molar refractivity (Wildman–Crippen MR) is 136 cm³/mol. The summed E-state index contributed by atoms with van der Waals surface area (Å²) < 4.78 is 20.6. The van der Waals surface area contributed by atoms with Crippen molar-refractivity contribution in [2.45, 2.75) is 19.9 Å². The van der Waals surface area contributed by atoms with Crippen molar-refractivity contribution in [3.63, 3.8) is 0 Å². The van der Waals surface area contributed by atoms with Crippen molar-refractivity contribution in [2.24, 2.45) is 0 Å². The molecule has 1 atom stereocenters. The fraction of sp³-hybridized carbons (Fsp3) is 0.259. The fourth-order valence-corrected chi connectivity index (χ4v) is 4.88. The van der Waals surface area contributed by atoms with Crippen molar-refractivity contribution in [3.05, 3.63) is 71.0 Å². The molecule has 3 heterocycles. The van der Waals surface area contributed by atoms with Gasteiger partial charge in [0.05, 0.1) is 28.9 Å². The highest BCUT2D eigenvalue weighted by Crippen LogP contribution is 2.43. The molecule has 0 spiro atoms. The highest BCUT2D eigenvalue weighted by molar-refractivity contribution is 6.34. The summed E-state index contributed by atoms with van der Waals surface area (Å²) in [5.41, 5.74) is 4.25. The van der Waals surface area contributed by atoms with E-state index in [9.17, 15) is 4.39 Å². The number of benzene rings is 2. The van der Waals surface area contributed by atoms with E-state index in [1.54, 1.807) is 25.3 Å². The van der Waals surface area contributed by atoms with Crippen LogP contribution in [0.25, 0.3) is 33.3 Å². The molecule has 1 saturated heterocycles. The standard InChI is InChI=1S/C27H26ClFN4O/c1-16-8-4-5-9-18(16)23-25-20(14-21(28)24(31-25)19-10-6-7-11-22(19)29)26(32-27(23)34-3)33-13-12-30-15-17(33)2/h4-11,14,17,30H,12-13,15H2,1-3H3. The van der Waals surface area contributed by atoms with Gasteiger partial charge in [-0.1, -0.05) is 48.0 Å². The van der Waals surface area contributed by atoms with Crippen LogP contribution in [0.1, 0.15) is 12.5 Å². The van der Waals surface area contributed by atoms with Gasteiger partial charge < -0.3 is 15.0 Å². The van der Waals surface area contributed by atoms with Gasteiger partial charge in [-0.25, -0.2) is 9.37 Å². The average molecular weight is 477 g/mol. The molecule has 0 radical (unpaired) electrons. The molecule has 2 aromatic heterocycles. The minimum Gasteiger partial charge on any atom is -0.480 e. The van der Waals surface area contributed by atoms with Crippen molar-refractivity contribution in [3.8, 4) is 28.3 Å². The molecule has 1 fully saturated rings. The maximum absolute atomic E-state index is 14.8. The molecule has 5 nitrogen and oxygen atoms in total. The Kier molecular flexibility index (Phi) is 6.11. The molecule has 2 aromatic carbocycles. The van der Waals surface area contributed by atoms with Gasteiger partial charge in [0.25, 0.3) is 0 Å². The molecule has 1 unspecified atom stereocenters. The van der Waals surface area contributed by atoms with E-state index in [1.807, 2.05) is 37.3 Å². The summed E-state index contributed by atoms with van der Waals surface area (Å²) in [6.07, 6.45) is 0. The van der Waals surface area contributed by atoms with E-state index in [1.165, 1.54) is 6.07 Å². The van der Waals surface area contributed by atoms with Crippen molar-refractivity contribution >= 4 is 28.3 Å². The number of nitrogens with zero attached hydrogens (tertiary/aromatic N) is 3. The molecular formula is C27H26ClFN4O. The van der Waals surface area contributed by atoms with Gasteiger partial charge >= 0.3 is 0 Å². The van der Waals surface area contributed by atoms with Crippen molar-refractivity contribution in [1.82, 2.24) is 15.3 Å². The van der Waals surface area contributed by atoms with Crippen LogP contribution in [0.15, 0.2) is 54.6 Å². The number of anilines is 1. The number of fused-ring (bicyclic) bond motifs is 1. The SMILES string of the molecule is COc1nc(N2CCNCC2C)c2cc(Cl)c(-c3ccccc3F)nc2c1-c1ccccc1C. The Labute approximate surface area is 203 Å². The number of ether oxygens (including phenoxy) is 1. The maximum atomic E-state index is 14.8. The number of halogens is 2. The fourth-order valence-electron chi connectivity index (χ4n) is 4.62. The van der Waals surface area contributed by atoms with E-state index in [-0.39, 0.29) is 11.9 Å². The molecule has 5 rings (SSSR count). The Bertz CT molecular complexity index is 1380. The Morgan fingerprint density at radius 1 is 1.09 bits per heavy atom. The van der Waals surface area contributed by atoms with Crippen molar-refractivity contribution in [1.29, 1.82) is 0 Å². The Morgan fingerprint density at radius 3 is 2.53 bits per heavy atom. The van der Waals surface area contributed by atoms with E-state index in [2.05, 4.69) is 17.1 Å². The van der Waals surface area contributed by atoms with Gasteiger partial charge in [-0.2, -0.15) is 4.98 Å². The van der Waals surface area contributed by atoms with Crippen LogP contribution in [0.5, 0.6) is 5.88 Å². The topological polar surface area (TPSA) is 50.3 Å². The molecule has 174 valence electrons. The largest absolute Gasteiger partial charge is 0.480 e. The molecule has 4 aromatic rings. The number of nitrogens with one attached hydrogen (secondary N) is 1. The summed E-state index contributed by atoms with van der Waals surface area (Å²) in [4.78, 5) is 12.2. The third kappa shape index (κ3) is 3.87. The van der Waals surface area contributed by atoms with Gasteiger partial charge in [-0.15, -0.1) is 0 Å². The number of aryl methyl sites for hydroxylation is 1. The van der Waals surface area contributed by atoms with E-state index < -0.39 is 0 Å². The normalized spacial score (nSPS) is 16.1. The maximum Gasteiger partial charge on any atom is 0.225 e. The Morgan fingerprint density at radius 2 is 1.82 bits per heavy atom. The lowest BCUT2D eigenvalue weighted by atomic mass is 9.98. The molecule has 0 bridgehead atoms. The van der Waals surface area contributed by atoms with E-state index >= 15 is 0 Å². The Balaban J connectivity index is 1.88. The third-order valence-corrected chi connectivity index (χ3v) is 6.67. The van der Waals surface area contributed by atoms with Crippen LogP contribution in [-0.4, -0.2) is 42.8 Å². The number of aromatic nitrogens is 2. The summed E-state index contributed by atoms with van der Waals surface area (Å²) in [6, 6.07) is 16.7. The van der Waals surface area contributed by atoms with Crippen LogP contribution < -0.4 is 15.0 Å². The molecule has 0 aliphatic carbocycles. The van der Waals surface area contributed by atoms with Crippen LogP contribution in [0, 0.1) is 12.7 Å². The van der Waals surface area contributed by atoms with Crippen LogP contribution >= 0.6 is 11.6 Å². The molecule has 0 amide bonds. The van der Waals surface area contributed by atoms with E-state index in [4.69, 9.17) is 26.3 Å². The third-order valence-electron chi connectivity index (χ3n) is 6.39. The lowest BCUT2D eigenvalue weighted by molar-refractivity contribution is 0.399. The molecular weight excluding hydrogens is 451 g/mol. The van der Waals surface area contributed by atoms with Gasteiger partial charge in [0, 0.05) is 36.6 Å².